The van der Waals surface area contributed by atoms with Gasteiger partial charge in [0.2, 0.25) is 0 Å². The maximum atomic E-state index is 11.2. The highest BCUT2D eigenvalue weighted by Crippen LogP contribution is 2.33. The second-order valence-electron chi connectivity index (χ2n) is 14.0. The van der Waals surface area contributed by atoms with Crippen molar-refractivity contribution in [2.45, 2.75) is 154 Å². The van der Waals surface area contributed by atoms with Gasteiger partial charge in [-0.1, -0.05) is 0 Å². The van der Waals surface area contributed by atoms with E-state index in [1.54, 1.807) is 0 Å². The summed E-state index contributed by atoms with van der Waals surface area (Å²) in [4.78, 5) is 0. The SMILES string of the molecule is OC[C@H]1O[C@@H](OC[C@H]2O[C@@H](OC[C@H]3O[C@@H](O)[C@H](O)[C@@H](O)[C@H]3O)[C@H](O)[C@@H](O)[C@H]2O[C@H]2O[C@H](CO)[C@@H](O)[C@H](O)[C@H]2O)[C@H](O)[C@@H](O[C@H]2O[C@H](CO)[C@@H](O)[C@H](O)[C@@H]2O)[C@H]1O. The zero-order valence-electron chi connectivity index (χ0n) is 29.2. The lowest BCUT2D eigenvalue weighted by molar-refractivity contribution is -0.377. The molecule has 0 unspecified atom stereocenters. The minimum atomic E-state index is -2.07. The van der Waals surface area contributed by atoms with Crippen LogP contribution in [0.15, 0.2) is 0 Å². The van der Waals surface area contributed by atoms with Crippen molar-refractivity contribution in [3.63, 3.8) is 0 Å². The molecule has 0 aliphatic carbocycles. The predicted molar refractivity (Wildman–Crippen MR) is 167 cm³/mol. The molecule has 5 heterocycles. The van der Waals surface area contributed by atoms with Gasteiger partial charge in [0.25, 0.3) is 0 Å². The quantitative estimate of drug-likeness (QED) is 0.0819. The molecule has 0 spiro atoms. The monoisotopic (exact) mass is 828 g/mol. The van der Waals surface area contributed by atoms with Crippen LogP contribution < -0.4 is 0 Å². The highest BCUT2D eigenvalue weighted by atomic mass is 16.8. The first kappa shape index (κ1) is 46.0. The van der Waals surface area contributed by atoms with Gasteiger partial charge in [0.1, 0.15) is 122 Å². The third kappa shape index (κ3) is 9.46. The van der Waals surface area contributed by atoms with Crippen LogP contribution in [0.4, 0.5) is 0 Å². The summed E-state index contributed by atoms with van der Waals surface area (Å²) < 4.78 is 49.4. The van der Waals surface area contributed by atoms with Crippen LogP contribution in [0, 0.1) is 0 Å². The highest BCUT2D eigenvalue weighted by molar-refractivity contribution is 4.97. The van der Waals surface area contributed by atoms with E-state index in [0.29, 0.717) is 0 Å². The highest BCUT2D eigenvalue weighted by Gasteiger charge is 2.54. The Morgan fingerprint density at radius 1 is 0.304 bits per heavy atom. The molecule has 0 radical (unpaired) electrons. The standard InChI is InChI=1S/C30H52O26/c31-1-6-11(34)16(39)20(43)29(52-6)55-24-10(54-27(22(45)18(24)41)48-4-9-13(36)15(38)19(42)26(47)50-9)5-49-28-23(46)25(14(37)8(3-33)51-28)56-30-21(44)17(40)12(35)7(2-32)53-30/h6-47H,1-5H2/t6-,7-,8-,9-,10-,11-,12-,13+,14+,15+,16+,17+,18-,19-,20-,21+,22-,23-,24+,25+,26-,27-,28-,29-,30-/m1/s1. The molecular weight excluding hydrogens is 776 g/mol. The number of hydrogen-bond acceptors (Lipinski definition) is 26. The van der Waals surface area contributed by atoms with E-state index >= 15 is 0 Å². The van der Waals surface area contributed by atoms with Gasteiger partial charge in [-0.3, -0.25) is 0 Å². The van der Waals surface area contributed by atoms with Crippen LogP contribution in [0.5, 0.6) is 0 Å². The summed E-state index contributed by atoms with van der Waals surface area (Å²) in [6.07, 6.45) is -45.9. The molecular formula is C30H52O26. The van der Waals surface area contributed by atoms with E-state index in [0.717, 1.165) is 0 Å². The molecule has 0 saturated carbocycles. The van der Waals surface area contributed by atoms with Gasteiger partial charge >= 0.3 is 0 Å². The van der Waals surface area contributed by atoms with Gasteiger partial charge in [-0.15, -0.1) is 0 Å². The van der Waals surface area contributed by atoms with Crippen LogP contribution in [0.3, 0.4) is 0 Å². The third-order valence-electron chi connectivity index (χ3n) is 10.3. The molecule has 25 atom stereocenters. The Labute approximate surface area is 316 Å². The van der Waals surface area contributed by atoms with Crippen LogP contribution in [-0.4, -0.2) is 273 Å². The van der Waals surface area contributed by atoms with E-state index in [1.807, 2.05) is 0 Å². The van der Waals surface area contributed by atoms with Crippen molar-refractivity contribution in [2.24, 2.45) is 0 Å². The molecule has 328 valence electrons. The minimum absolute atomic E-state index is 0.750. The van der Waals surface area contributed by atoms with Crippen LogP contribution in [0.1, 0.15) is 0 Å². The minimum Gasteiger partial charge on any atom is -0.394 e. The molecule has 0 aromatic rings. The van der Waals surface area contributed by atoms with Crippen molar-refractivity contribution in [1.82, 2.24) is 0 Å². The van der Waals surface area contributed by atoms with E-state index in [-0.39, 0.29) is 0 Å². The number of rotatable bonds is 13. The molecule has 5 aliphatic rings. The fraction of sp³-hybridized carbons (Fsp3) is 1.00. The van der Waals surface area contributed by atoms with Crippen molar-refractivity contribution < 1.29 is 129 Å². The van der Waals surface area contributed by atoms with Crippen molar-refractivity contribution in [3.05, 3.63) is 0 Å². The zero-order chi connectivity index (χ0) is 41.3. The van der Waals surface area contributed by atoms with E-state index in [1.165, 1.54) is 0 Å². The lowest BCUT2D eigenvalue weighted by atomic mass is 9.96. The van der Waals surface area contributed by atoms with Crippen LogP contribution in [-0.2, 0) is 42.6 Å². The maximum Gasteiger partial charge on any atom is 0.187 e. The van der Waals surface area contributed by atoms with Gasteiger partial charge in [0.15, 0.2) is 31.5 Å². The van der Waals surface area contributed by atoms with Gasteiger partial charge < -0.3 is 129 Å². The number of hydrogen-bond donors (Lipinski definition) is 17. The normalized spacial score (nSPS) is 53.2. The van der Waals surface area contributed by atoms with Gasteiger partial charge in [-0.2, -0.15) is 0 Å². The fourth-order valence-corrected chi connectivity index (χ4v) is 6.81. The summed E-state index contributed by atoms with van der Waals surface area (Å²) in [5.41, 5.74) is 0. The summed E-state index contributed by atoms with van der Waals surface area (Å²) in [7, 11) is 0. The zero-order valence-corrected chi connectivity index (χ0v) is 29.2. The summed E-state index contributed by atoms with van der Waals surface area (Å²) in [5.74, 6) is 0. The number of aliphatic hydroxyl groups is 17. The summed E-state index contributed by atoms with van der Waals surface area (Å²) in [6.45, 7) is -4.22. The fourth-order valence-electron chi connectivity index (χ4n) is 6.81. The van der Waals surface area contributed by atoms with Gasteiger partial charge in [-0.05, 0) is 0 Å². The molecule has 5 saturated heterocycles. The summed E-state index contributed by atoms with van der Waals surface area (Å²) >= 11 is 0. The molecule has 5 aliphatic heterocycles. The molecule has 0 amide bonds. The van der Waals surface area contributed by atoms with E-state index in [2.05, 4.69) is 0 Å². The Balaban J connectivity index is 1.34. The van der Waals surface area contributed by atoms with Gasteiger partial charge in [-0.25, -0.2) is 0 Å². The van der Waals surface area contributed by atoms with Crippen LogP contribution in [0.2, 0.25) is 0 Å². The smallest absolute Gasteiger partial charge is 0.187 e. The molecule has 0 aromatic carbocycles. The lowest BCUT2D eigenvalue weighted by Crippen LogP contribution is -2.66. The number of aliphatic hydroxyl groups excluding tert-OH is 17. The molecule has 26 heteroatoms. The molecule has 0 bridgehead atoms. The summed E-state index contributed by atoms with van der Waals surface area (Å²) in [6, 6.07) is 0. The molecule has 5 fully saturated rings. The topological polar surface area (TPSA) is 427 Å². The second-order valence-corrected chi connectivity index (χ2v) is 14.0. The lowest BCUT2D eigenvalue weighted by Gasteiger charge is -2.47. The van der Waals surface area contributed by atoms with Crippen LogP contribution >= 0.6 is 0 Å². The van der Waals surface area contributed by atoms with Crippen molar-refractivity contribution in [2.75, 3.05) is 33.0 Å². The number of ether oxygens (including phenoxy) is 9. The summed E-state index contributed by atoms with van der Waals surface area (Å²) in [5, 5.41) is 175. The van der Waals surface area contributed by atoms with Crippen molar-refractivity contribution in [1.29, 1.82) is 0 Å². The first-order valence-corrected chi connectivity index (χ1v) is 17.6. The third-order valence-corrected chi connectivity index (χ3v) is 10.3. The maximum absolute atomic E-state index is 11.2. The molecule has 17 N–H and O–H groups in total. The van der Waals surface area contributed by atoms with Crippen LogP contribution in [0.25, 0.3) is 0 Å². The van der Waals surface area contributed by atoms with Gasteiger partial charge in [0.05, 0.1) is 33.0 Å². The Hall–Kier alpha value is -1.04. The predicted octanol–water partition coefficient (Wildman–Crippen LogP) is -11.9. The Kier molecular flexibility index (Phi) is 16.1. The molecule has 26 nitrogen and oxygen atoms in total. The van der Waals surface area contributed by atoms with Crippen molar-refractivity contribution >= 4 is 0 Å². The average molecular weight is 829 g/mol. The van der Waals surface area contributed by atoms with E-state index in [4.69, 9.17) is 42.6 Å². The Morgan fingerprint density at radius 3 is 1.20 bits per heavy atom. The Morgan fingerprint density at radius 2 is 0.679 bits per heavy atom. The molecule has 0 aromatic heterocycles. The first-order valence-electron chi connectivity index (χ1n) is 17.6. The van der Waals surface area contributed by atoms with Crippen molar-refractivity contribution in [3.8, 4) is 0 Å². The average Bonchev–Trinajstić information content (AvgIpc) is 3.18. The first-order chi connectivity index (χ1) is 26.4. The van der Waals surface area contributed by atoms with Gasteiger partial charge in [0, 0.05) is 0 Å². The molecule has 56 heavy (non-hydrogen) atoms. The largest absolute Gasteiger partial charge is 0.394 e. The Bertz CT molecular complexity index is 1200. The van der Waals surface area contributed by atoms with E-state index < -0.39 is 187 Å². The molecule has 5 rings (SSSR count). The van der Waals surface area contributed by atoms with E-state index in [9.17, 15) is 86.8 Å². The second kappa shape index (κ2) is 19.6.